The zero-order valence-corrected chi connectivity index (χ0v) is 15.7. The number of benzene rings is 1. The molecular formula is C19H25F3N4O. The van der Waals surface area contributed by atoms with E-state index >= 15 is 0 Å². The third kappa shape index (κ3) is 4.43. The molecule has 0 atom stereocenters. The van der Waals surface area contributed by atoms with E-state index in [-0.39, 0.29) is 5.91 Å². The molecule has 1 aliphatic rings. The number of aryl methyl sites for hydroxylation is 1. The molecule has 1 aromatic heterocycles. The average molecular weight is 382 g/mol. The zero-order chi connectivity index (χ0) is 19.6. The van der Waals surface area contributed by atoms with Gasteiger partial charge in [-0.25, -0.2) is 4.98 Å². The number of hydrogen-bond donors (Lipinski definition) is 0. The van der Waals surface area contributed by atoms with Gasteiger partial charge in [0.2, 0.25) is 5.91 Å². The number of carbonyl (C=O) groups excluding carboxylic acids is 1. The van der Waals surface area contributed by atoms with Gasteiger partial charge in [-0.1, -0.05) is 13.3 Å². The molecule has 1 fully saturated rings. The quantitative estimate of drug-likeness (QED) is 0.795. The molecule has 27 heavy (non-hydrogen) atoms. The van der Waals surface area contributed by atoms with E-state index in [0.717, 1.165) is 55.9 Å². The number of amides is 1. The van der Waals surface area contributed by atoms with Crippen LogP contribution in [0, 0.1) is 0 Å². The Balaban J connectivity index is 1.85. The number of alkyl halides is 3. The first-order valence-corrected chi connectivity index (χ1v) is 9.34. The molecule has 1 amide bonds. The van der Waals surface area contributed by atoms with Crippen molar-refractivity contribution in [2.45, 2.75) is 46.0 Å². The summed E-state index contributed by atoms with van der Waals surface area (Å²) in [6.07, 6.45) is -2.43. The molecule has 1 aromatic carbocycles. The van der Waals surface area contributed by atoms with Gasteiger partial charge in [0.1, 0.15) is 5.82 Å². The number of aromatic nitrogens is 2. The zero-order valence-electron chi connectivity index (χ0n) is 15.7. The molecule has 2 heterocycles. The molecule has 5 nitrogen and oxygen atoms in total. The van der Waals surface area contributed by atoms with Gasteiger partial charge in [0, 0.05) is 39.6 Å². The van der Waals surface area contributed by atoms with E-state index in [1.807, 2.05) is 9.47 Å². The van der Waals surface area contributed by atoms with Crippen molar-refractivity contribution < 1.29 is 18.0 Å². The number of piperazine rings is 1. The highest BCUT2D eigenvalue weighted by atomic mass is 19.4. The van der Waals surface area contributed by atoms with Crippen molar-refractivity contribution in [1.82, 2.24) is 19.4 Å². The van der Waals surface area contributed by atoms with Crippen LogP contribution in [0.5, 0.6) is 0 Å². The van der Waals surface area contributed by atoms with E-state index in [1.165, 1.54) is 6.07 Å². The molecule has 3 rings (SSSR count). The summed E-state index contributed by atoms with van der Waals surface area (Å²) < 4.78 is 41.1. The Morgan fingerprint density at radius 1 is 1.19 bits per heavy atom. The molecule has 1 saturated heterocycles. The highest BCUT2D eigenvalue weighted by Gasteiger charge is 2.31. The molecule has 8 heteroatoms. The van der Waals surface area contributed by atoms with Gasteiger partial charge in [0.25, 0.3) is 0 Å². The van der Waals surface area contributed by atoms with E-state index < -0.39 is 11.7 Å². The molecule has 0 aliphatic carbocycles. The predicted molar refractivity (Wildman–Crippen MR) is 97.2 cm³/mol. The van der Waals surface area contributed by atoms with Gasteiger partial charge in [0.05, 0.1) is 23.1 Å². The first-order chi connectivity index (χ1) is 12.8. The lowest BCUT2D eigenvalue weighted by Crippen LogP contribution is -2.47. The van der Waals surface area contributed by atoms with Gasteiger partial charge in [-0.05, 0) is 24.6 Å². The van der Waals surface area contributed by atoms with Crippen molar-refractivity contribution in [1.29, 1.82) is 0 Å². The normalized spacial score (nSPS) is 16.3. The van der Waals surface area contributed by atoms with Crippen LogP contribution in [-0.4, -0.2) is 51.4 Å². The third-order valence-electron chi connectivity index (χ3n) is 5.07. The van der Waals surface area contributed by atoms with E-state index in [9.17, 15) is 18.0 Å². The Morgan fingerprint density at radius 3 is 2.48 bits per heavy atom. The summed E-state index contributed by atoms with van der Waals surface area (Å²) in [6.45, 7) is 7.78. The Bertz CT molecular complexity index is 807. The monoisotopic (exact) mass is 382 g/mol. The molecule has 0 spiro atoms. The summed E-state index contributed by atoms with van der Waals surface area (Å²) in [6, 6.07) is 3.79. The smallest absolute Gasteiger partial charge is 0.340 e. The molecule has 148 valence electrons. The minimum atomic E-state index is -4.37. The summed E-state index contributed by atoms with van der Waals surface area (Å²) in [5.74, 6) is 0.860. The number of imidazole rings is 1. The van der Waals surface area contributed by atoms with Crippen LogP contribution in [0.2, 0.25) is 0 Å². The number of carbonyl (C=O) groups is 1. The molecule has 0 radical (unpaired) electrons. The van der Waals surface area contributed by atoms with Gasteiger partial charge in [0.15, 0.2) is 0 Å². The van der Waals surface area contributed by atoms with Crippen LogP contribution in [0.4, 0.5) is 13.2 Å². The molecular weight excluding hydrogens is 357 g/mol. The minimum Gasteiger partial charge on any atom is -0.340 e. The second-order valence-electron chi connectivity index (χ2n) is 7.02. The second kappa shape index (κ2) is 7.88. The topological polar surface area (TPSA) is 41.4 Å². The Morgan fingerprint density at radius 2 is 1.89 bits per heavy atom. The first-order valence-electron chi connectivity index (χ1n) is 9.34. The van der Waals surface area contributed by atoms with Gasteiger partial charge < -0.3 is 9.47 Å². The molecule has 0 unspecified atom stereocenters. The lowest BCUT2D eigenvalue weighted by molar-refractivity contribution is -0.137. The maximum Gasteiger partial charge on any atom is 0.416 e. The number of fused-ring (bicyclic) bond motifs is 1. The number of rotatable bonds is 5. The lowest BCUT2D eigenvalue weighted by Gasteiger charge is -2.34. The van der Waals surface area contributed by atoms with Crippen LogP contribution in [0.15, 0.2) is 18.2 Å². The highest BCUT2D eigenvalue weighted by molar-refractivity contribution is 5.77. The van der Waals surface area contributed by atoms with Gasteiger partial charge in [-0.2, -0.15) is 13.2 Å². The van der Waals surface area contributed by atoms with Crippen LogP contribution in [0.3, 0.4) is 0 Å². The third-order valence-corrected chi connectivity index (χ3v) is 5.07. The highest BCUT2D eigenvalue weighted by Crippen LogP contribution is 2.31. The molecule has 0 saturated carbocycles. The predicted octanol–water partition coefficient (Wildman–Crippen LogP) is 3.52. The van der Waals surface area contributed by atoms with E-state index in [2.05, 4.69) is 16.8 Å². The standard InChI is InChI=1S/C19H25F3N4O/c1-3-4-7-26-17-6-5-15(19(20,21)22)12-16(17)23-18(26)13-24-8-10-25(11-9-24)14(2)27/h5-6,12H,3-4,7-11,13H2,1-2H3. The van der Waals surface area contributed by atoms with E-state index in [1.54, 1.807) is 6.92 Å². The number of hydrogen-bond acceptors (Lipinski definition) is 3. The van der Waals surface area contributed by atoms with Gasteiger partial charge in [-0.15, -0.1) is 0 Å². The summed E-state index contributed by atoms with van der Waals surface area (Å²) >= 11 is 0. The largest absolute Gasteiger partial charge is 0.416 e. The maximum absolute atomic E-state index is 13.0. The van der Waals surface area contributed by atoms with Crippen LogP contribution < -0.4 is 0 Å². The van der Waals surface area contributed by atoms with Gasteiger partial charge >= 0.3 is 6.18 Å². The van der Waals surface area contributed by atoms with Crippen LogP contribution >= 0.6 is 0 Å². The SMILES string of the molecule is CCCCn1c(CN2CCN(C(C)=O)CC2)nc2cc(C(F)(F)F)ccc21. The van der Waals surface area contributed by atoms with Crippen molar-refractivity contribution in [2.75, 3.05) is 26.2 Å². The lowest BCUT2D eigenvalue weighted by atomic mass is 10.2. The Labute approximate surface area is 156 Å². The van der Waals surface area contributed by atoms with Crippen molar-refractivity contribution in [3.05, 3.63) is 29.6 Å². The molecule has 0 N–H and O–H groups in total. The maximum atomic E-state index is 13.0. The van der Waals surface area contributed by atoms with Crippen molar-refractivity contribution in [3.8, 4) is 0 Å². The summed E-state index contributed by atoms with van der Waals surface area (Å²) in [5, 5.41) is 0. The van der Waals surface area contributed by atoms with Crippen molar-refractivity contribution >= 4 is 16.9 Å². The van der Waals surface area contributed by atoms with Crippen molar-refractivity contribution in [2.24, 2.45) is 0 Å². The van der Waals surface area contributed by atoms with E-state index in [4.69, 9.17) is 0 Å². The number of unbranched alkanes of at least 4 members (excludes halogenated alkanes) is 1. The molecule has 0 bridgehead atoms. The van der Waals surface area contributed by atoms with E-state index in [0.29, 0.717) is 25.2 Å². The van der Waals surface area contributed by atoms with Crippen LogP contribution in [0.25, 0.3) is 11.0 Å². The summed E-state index contributed by atoms with van der Waals surface area (Å²) in [7, 11) is 0. The Hall–Kier alpha value is -2.09. The van der Waals surface area contributed by atoms with Gasteiger partial charge in [-0.3, -0.25) is 9.69 Å². The summed E-state index contributed by atoms with van der Waals surface area (Å²) in [5.41, 5.74) is 0.462. The number of nitrogens with zero attached hydrogens (tertiary/aromatic N) is 4. The number of halogens is 3. The fourth-order valence-corrected chi connectivity index (χ4v) is 3.46. The second-order valence-corrected chi connectivity index (χ2v) is 7.02. The minimum absolute atomic E-state index is 0.0736. The van der Waals surface area contributed by atoms with Crippen LogP contribution in [-0.2, 0) is 24.1 Å². The fourth-order valence-electron chi connectivity index (χ4n) is 3.46. The molecule has 2 aromatic rings. The van der Waals surface area contributed by atoms with Crippen molar-refractivity contribution in [3.63, 3.8) is 0 Å². The summed E-state index contributed by atoms with van der Waals surface area (Å²) in [4.78, 5) is 20.0. The Kier molecular flexibility index (Phi) is 5.74. The fraction of sp³-hybridized carbons (Fsp3) is 0.579. The van der Waals surface area contributed by atoms with Crippen LogP contribution in [0.1, 0.15) is 38.1 Å². The molecule has 1 aliphatic heterocycles. The first kappa shape index (κ1) is 19.7. The average Bonchev–Trinajstić information content (AvgIpc) is 2.96.